The minimum Gasteiger partial charge on any atom is -0.391 e. The number of rotatable bonds is 18. The third kappa shape index (κ3) is 10.4. The molecule has 0 saturated heterocycles. The van der Waals surface area contributed by atoms with E-state index in [0.29, 0.717) is 43.2 Å². The van der Waals surface area contributed by atoms with Crippen molar-refractivity contribution >= 4 is 17.5 Å². The smallest absolute Gasteiger partial charge is 0.231 e. The van der Waals surface area contributed by atoms with Crippen LogP contribution in [0.3, 0.4) is 0 Å². The van der Waals surface area contributed by atoms with Crippen LogP contribution in [0.2, 0.25) is 0 Å². The molecular formula is C40H57N9O3. The average molecular weight is 712 g/mol. The van der Waals surface area contributed by atoms with E-state index < -0.39 is 24.0 Å². The van der Waals surface area contributed by atoms with Gasteiger partial charge in [0.25, 0.3) is 0 Å². The Morgan fingerprint density at radius 3 is 2.42 bits per heavy atom. The summed E-state index contributed by atoms with van der Waals surface area (Å²) >= 11 is 0. The van der Waals surface area contributed by atoms with E-state index in [0.717, 1.165) is 61.2 Å². The Bertz CT molecular complexity index is 1710. The number of nitrogens with zero attached hydrogens (tertiary/aromatic N) is 7. The normalized spacial score (nSPS) is 16.2. The molecule has 2 amide bonds. The van der Waals surface area contributed by atoms with E-state index in [1.807, 2.05) is 67.7 Å². The molecule has 5 rings (SSSR count). The number of likely N-dealkylation sites (N-methyl/N-ethyl adjacent to an activating group) is 1. The fraction of sp³-hybridized carbons (Fsp3) is 0.575. The lowest BCUT2D eigenvalue weighted by atomic mass is 9.81. The Morgan fingerprint density at radius 1 is 1.02 bits per heavy atom. The summed E-state index contributed by atoms with van der Waals surface area (Å²) in [7, 11) is 3.94. The molecule has 1 aliphatic rings. The zero-order valence-corrected chi connectivity index (χ0v) is 31.5. The first-order valence-corrected chi connectivity index (χ1v) is 19.1. The molecule has 0 radical (unpaired) electrons. The van der Waals surface area contributed by atoms with Crippen LogP contribution >= 0.6 is 0 Å². The molecule has 12 heteroatoms. The highest BCUT2D eigenvalue weighted by Crippen LogP contribution is 2.31. The number of nitrogens with one attached hydrogen (secondary N) is 2. The minimum absolute atomic E-state index is 0.0145. The fourth-order valence-corrected chi connectivity index (χ4v) is 7.34. The molecular weight excluding hydrogens is 654 g/mol. The second kappa shape index (κ2) is 19.0. The molecule has 4 atom stereocenters. The molecule has 4 heterocycles. The minimum atomic E-state index is -0.912. The van der Waals surface area contributed by atoms with Gasteiger partial charge in [-0.3, -0.25) is 24.0 Å². The van der Waals surface area contributed by atoms with Gasteiger partial charge in [0.1, 0.15) is 11.7 Å². The molecule has 4 aromatic rings. The van der Waals surface area contributed by atoms with Gasteiger partial charge in [0.05, 0.1) is 23.5 Å². The van der Waals surface area contributed by atoms with Gasteiger partial charge in [-0.15, -0.1) is 10.2 Å². The Balaban J connectivity index is 1.49. The van der Waals surface area contributed by atoms with Gasteiger partial charge < -0.3 is 20.6 Å². The molecule has 3 N–H and O–H groups in total. The van der Waals surface area contributed by atoms with Crippen LogP contribution in [0, 0.1) is 17.8 Å². The molecule has 52 heavy (non-hydrogen) atoms. The van der Waals surface area contributed by atoms with E-state index in [2.05, 4.69) is 37.7 Å². The van der Waals surface area contributed by atoms with E-state index in [1.54, 1.807) is 24.8 Å². The van der Waals surface area contributed by atoms with E-state index >= 15 is 0 Å². The Hall–Kier alpha value is -4.29. The molecule has 1 saturated carbocycles. The molecule has 0 aliphatic heterocycles. The van der Waals surface area contributed by atoms with Crippen molar-refractivity contribution in [2.45, 2.75) is 103 Å². The van der Waals surface area contributed by atoms with E-state index in [9.17, 15) is 14.7 Å². The molecule has 280 valence electrons. The number of carbonyl (C=O) groups excluding carboxylic acids is 2. The van der Waals surface area contributed by atoms with Crippen molar-refractivity contribution in [1.29, 1.82) is 0 Å². The maximum atomic E-state index is 14.7. The number of pyridine rings is 2. The standard InChI is InChI=1S/C40H57N9O3/c1-6-12-33-38-47-46-37(49(38)26-35(44-33)30-16-11-18-42-25-30)32(21-29-15-10-17-41-24-29)40(52)45-34(22-28-13-8-7-9-14-28)36(50)23-31(27(2)3)39(51)43-19-20-48(4)5/h10-11,15-18,24-28,31-32,34,36,50H,6-9,12-14,19-23H2,1-5H3,(H,43,51)(H,45,52). The summed E-state index contributed by atoms with van der Waals surface area (Å²) < 4.78 is 1.90. The predicted molar refractivity (Wildman–Crippen MR) is 202 cm³/mol. The van der Waals surface area contributed by atoms with Gasteiger partial charge >= 0.3 is 0 Å². The van der Waals surface area contributed by atoms with Crippen molar-refractivity contribution in [2.75, 3.05) is 27.2 Å². The van der Waals surface area contributed by atoms with Crippen molar-refractivity contribution in [3.8, 4) is 11.3 Å². The lowest BCUT2D eigenvalue weighted by Gasteiger charge is -2.33. The van der Waals surface area contributed by atoms with Gasteiger partial charge in [-0.2, -0.15) is 0 Å². The summed E-state index contributed by atoms with van der Waals surface area (Å²) in [6.45, 7) is 7.39. The molecule has 4 aromatic heterocycles. The summed E-state index contributed by atoms with van der Waals surface area (Å²) in [5, 5.41) is 27.5. The number of aliphatic hydroxyl groups is 1. The molecule has 12 nitrogen and oxygen atoms in total. The van der Waals surface area contributed by atoms with Gasteiger partial charge in [-0.05, 0) is 75.4 Å². The summed E-state index contributed by atoms with van der Waals surface area (Å²) in [5.74, 6) is -0.557. The Kier molecular flexibility index (Phi) is 14.2. The number of amides is 2. The third-order valence-corrected chi connectivity index (χ3v) is 10.3. The highest BCUT2D eigenvalue weighted by molar-refractivity contribution is 5.84. The molecule has 4 unspecified atom stereocenters. The summed E-state index contributed by atoms with van der Waals surface area (Å²) in [4.78, 5) is 43.7. The largest absolute Gasteiger partial charge is 0.391 e. The number of fused-ring (bicyclic) bond motifs is 1. The summed E-state index contributed by atoms with van der Waals surface area (Å²) in [6.07, 6.45) is 16.4. The number of aryl methyl sites for hydroxylation is 1. The van der Waals surface area contributed by atoms with Crippen LogP contribution < -0.4 is 10.6 Å². The van der Waals surface area contributed by atoms with Crippen molar-refractivity contribution in [3.05, 3.63) is 72.3 Å². The van der Waals surface area contributed by atoms with E-state index in [1.165, 1.54) is 6.42 Å². The second-order valence-corrected chi connectivity index (χ2v) is 15.0. The zero-order valence-electron chi connectivity index (χ0n) is 31.5. The van der Waals surface area contributed by atoms with Crippen molar-refractivity contribution < 1.29 is 14.7 Å². The topological polar surface area (TPSA) is 151 Å². The Labute approximate surface area is 308 Å². The van der Waals surface area contributed by atoms with Crippen LogP contribution in [-0.2, 0) is 22.4 Å². The number of aromatic nitrogens is 6. The van der Waals surface area contributed by atoms with Crippen molar-refractivity contribution in [2.24, 2.45) is 17.8 Å². The summed E-state index contributed by atoms with van der Waals surface area (Å²) in [5.41, 5.74) is 3.88. The maximum Gasteiger partial charge on any atom is 0.231 e. The average Bonchev–Trinajstić information content (AvgIpc) is 3.57. The number of aliphatic hydroxyl groups excluding tert-OH is 1. The molecule has 0 bridgehead atoms. The first kappa shape index (κ1) is 38.9. The van der Waals surface area contributed by atoms with Gasteiger partial charge in [-0.25, -0.2) is 4.98 Å². The van der Waals surface area contributed by atoms with Gasteiger partial charge in [0, 0.05) is 55.6 Å². The highest BCUT2D eigenvalue weighted by Gasteiger charge is 2.35. The van der Waals surface area contributed by atoms with Gasteiger partial charge in [-0.1, -0.05) is 65.4 Å². The molecule has 0 spiro atoms. The predicted octanol–water partition coefficient (Wildman–Crippen LogP) is 5.02. The zero-order chi connectivity index (χ0) is 37.0. The fourth-order valence-electron chi connectivity index (χ4n) is 7.34. The Morgan fingerprint density at radius 2 is 1.77 bits per heavy atom. The van der Waals surface area contributed by atoms with Crippen molar-refractivity contribution in [3.63, 3.8) is 0 Å². The first-order chi connectivity index (χ1) is 25.1. The quantitative estimate of drug-likeness (QED) is 0.129. The number of carbonyl (C=O) groups is 2. The maximum absolute atomic E-state index is 14.7. The molecule has 0 aromatic carbocycles. The second-order valence-electron chi connectivity index (χ2n) is 15.0. The van der Waals surface area contributed by atoms with Crippen LogP contribution in [0.15, 0.2) is 55.2 Å². The monoisotopic (exact) mass is 711 g/mol. The number of hydrogen-bond donors (Lipinski definition) is 3. The van der Waals surface area contributed by atoms with Crippen molar-refractivity contribution in [1.82, 2.24) is 45.1 Å². The van der Waals surface area contributed by atoms with E-state index in [-0.39, 0.29) is 24.2 Å². The number of hydrogen-bond acceptors (Lipinski definition) is 9. The van der Waals surface area contributed by atoms with Crippen LogP contribution in [0.5, 0.6) is 0 Å². The van der Waals surface area contributed by atoms with Crippen LogP contribution in [0.4, 0.5) is 0 Å². The van der Waals surface area contributed by atoms with Crippen LogP contribution in [-0.4, -0.2) is 90.7 Å². The van der Waals surface area contributed by atoms with E-state index in [4.69, 9.17) is 4.98 Å². The van der Waals surface area contributed by atoms with Crippen LogP contribution in [0.1, 0.15) is 95.1 Å². The van der Waals surface area contributed by atoms with Gasteiger partial charge in [0.2, 0.25) is 11.8 Å². The lowest BCUT2D eigenvalue weighted by molar-refractivity contribution is -0.128. The SMILES string of the molecule is CCCc1nc(-c2cccnc2)cn2c(C(Cc3cccnc3)C(=O)NC(CC3CCCCC3)C(O)CC(C(=O)NCCN(C)C)C(C)C)nnc12. The van der Waals surface area contributed by atoms with Gasteiger partial charge in [0.15, 0.2) is 5.65 Å². The molecule has 1 aliphatic carbocycles. The third-order valence-electron chi connectivity index (χ3n) is 10.3. The first-order valence-electron chi connectivity index (χ1n) is 19.1. The van der Waals surface area contributed by atoms with Crippen LogP contribution in [0.25, 0.3) is 16.9 Å². The molecule has 1 fully saturated rings. The lowest BCUT2D eigenvalue weighted by Crippen LogP contribution is -2.49. The summed E-state index contributed by atoms with van der Waals surface area (Å²) in [6, 6.07) is 7.12. The highest BCUT2D eigenvalue weighted by atomic mass is 16.3.